The lowest BCUT2D eigenvalue weighted by Gasteiger charge is -2.10. The molecule has 0 aliphatic rings. The number of ether oxygens (including phenoxy) is 1. The first-order valence-corrected chi connectivity index (χ1v) is 8.10. The highest BCUT2D eigenvalue weighted by Crippen LogP contribution is 2.46. The fourth-order valence-corrected chi connectivity index (χ4v) is 3.47. The van der Waals surface area contributed by atoms with Crippen molar-refractivity contribution in [1.82, 2.24) is 0 Å². The molecule has 0 unspecified atom stereocenters. The van der Waals surface area contributed by atoms with Crippen LogP contribution in [-0.2, 0) is 0 Å². The van der Waals surface area contributed by atoms with Crippen molar-refractivity contribution in [2.75, 3.05) is 7.11 Å². The summed E-state index contributed by atoms with van der Waals surface area (Å²) in [6, 6.07) is 4.08. The fraction of sp³-hybridized carbons (Fsp3) is 0.133. The lowest BCUT2D eigenvalue weighted by atomic mass is 10.1. The quantitative estimate of drug-likeness (QED) is 0.525. The van der Waals surface area contributed by atoms with Gasteiger partial charge in [-0.15, -0.1) is 0 Å². The molecular weight excluding hydrogens is 398 g/mol. The third kappa shape index (κ3) is 3.83. The second kappa shape index (κ2) is 7.87. The summed E-state index contributed by atoms with van der Waals surface area (Å²) in [5.41, 5.74) is -2.34. The number of carbonyl (C=O) groups is 1. The third-order valence-corrected chi connectivity index (χ3v) is 4.87. The van der Waals surface area contributed by atoms with Gasteiger partial charge in [0.15, 0.2) is 5.75 Å². The predicted molar refractivity (Wildman–Crippen MR) is 95.2 cm³/mol. The van der Waals surface area contributed by atoms with Crippen LogP contribution in [0.15, 0.2) is 34.1 Å². The number of nitrogens with zero attached hydrogens (tertiary/aromatic N) is 3. The highest BCUT2D eigenvalue weighted by molar-refractivity contribution is 7.99. The standard InChI is InChI=1S/C15H11N3O9S/c1-7-3-4-8(15(19)20)13(18(25)26)14(7)28-12-6-11(27-2)9(16(21)22)5-10(12)17(23)24/h3-6H,1-2H3,(H,19,20). The summed E-state index contributed by atoms with van der Waals surface area (Å²) in [4.78, 5) is 42.3. The van der Waals surface area contributed by atoms with E-state index in [1.165, 1.54) is 13.0 Å². The van der Waals surface area contributed by atoms with Crippen molar-refractivity contribution in [1.29, 1.82) is 0 Å². The molecular formula is C15H11N3O9S. The van der Waals surface area contributed by atoms with Crippen molar-refractivity contribution in [3.05, 3.63) is 65.7 Å². The third-order valence-electron chi connectivity index (χ3n) is 3.61. The highest BCUT2D eigenvalue weighted by atomic mass is 32.2. The molecule has 13 heteroatoms. The molecule has 12 nitrogen and oxygen atoms in total. The van der Waals surface area contributed by atoms with E-state index in [9.17, 15) is 40.2 Å². The molecule has 28 heavy (non-hydrogen) atoms. The number of hydrogen-bond acceptors (Lipinski definition) is 9. The Kier molecular flexibility index (Phi) is 5.78. The maximum atomic E-state index is 11.5. The van der Waals surface area contributed by atoms with Crippen LogP contribution in [0.3, 0.4) is 0 Å². The Morgan fingerprint density at radius 1 is 1.04 bits per heavy atom. The van der Waals surface area contributed by atoms with Crippen LogP contribution < -0.4 is 4.74 Å². The summed E-state index contributed by atoms with van der Waals surface area (Å²) in [6.45, 7) is 1.47. The first-order chi connectivity index (χ1) is 13.1. The lowest BCUT2D eigenvalue weighted by molar-refractivity contribution is -0.396. The van der Waals surface area contributed by atoms with Gasteiger partial charge in [0.2, 0.25) is 0 Å². The van der Waals surface area contributed by atoms with Gasteiger partial charge in [0.1, 0.15) is 5.56 Å². The number of aryl methyl sites for hydroxylation is 1. The van der Waals surface area contributed by atoms with E-state index < -0.39 is 43.4 Å². The summed E-state index contributed by atoms with van der Waals surface area (Å²) in [5, 5.41) is 43.1. The number of nitro groups is 3. The number of hydrogen-bond donors (Lipinski definition) is 1. The zero-order valence-corrected chi connectivity index (χ0v) is 15.1. The molecule has 0 aliphatic heterocycles. The SMILES string of the molecule is COc1cc(Sc2c(C)ccc(C(=O)O)c2[N+](=O)[O-])c([N+](=O)[O-])cc1[N+](=O)[O-]. The molecule has 0 fully saturated rings. The molecule has 0 bridgehead atoms. The van der Waals surface area contributed by atoms with Crippen molar-refractivity contribution >= 4 is 34.8 Å². The molecule has 2 aromatic rings. The Bertz CT molecular complexity index is 1020. The minimum Gasteiger partial charge on any atom is -0.490 e. The Morgan fingerprint density at radius 3 is 2.11 bits per heavy atom. The topological polar surface area (TPSA) is 176 Å². The summed E-state index contributed by atoms with van der Waals surface area (Å²) >= 11 is 0.556. The minimum atomic E-state index is -1.54. The van der Waals surface area contributed by atoms with E-state index in [1.807, 2.05) is 0 Å². The first-order valence-electron chi connectivity index (χ1n) is 7.28. The lowest BCUT2D eigenvalue weighted by Crippen LogP contribution is -2.05. The smallest absolute Gasteiger partial charge is 0.342 e. The van der Waals surface area contributed by atoms with Gasteiger partial charge in [-0.1, -0.05) is 17.8 Å². The largest absolute Gasteiger partial charge is 0.490 e. The zero-order valence-electron chi connectivity index (χ0n) is 14.3. The van der Waals surface area contributed by atoms with Gasteiger partial charge in [0.05, 0.1) is 37.7 Å². The summed E-state index contributed by atoms with van der Waals surface area (Å²) in [5.74, 6) is -1.82. The van der Waals surface area contributed by atoms with E-state index in [2.05, 4.69) is 0 Å². The van der Waals surface area contributed by atoms with E-state index in [4.69, 9.17) is 4.74 Å². The predicted octanol–water partition coefficient (Wildman–Crippen LogP) is 3.58. The van der Waals surface area contributed by atoms with Crippen LogP contribution in [0.2, 0.25) is 0 Å². The molecule has 1 N–H and O–H groups in total. The maximum absolute atomic E-state index is 11.5. The Balaban J connectivity index is 2.77. The van der Waals surface area contributed by atoms with E-state index in [0.29, 0.717) is 23.4 Å². The van der Waals surface area contributed by atoms with Gasteiger partial charge in [0, 0.05) is 6.07 Å². The van der Waals surface area contributed by atoms with Crippen LogP contribution in [0.1, 0.15) is 15.9 Å². The molecule has 2 rings (SSSR count). The highest BCUT2D eigenvalue weighted by Gasteiger charge is 2.31. The van der Waals surface area contributed by atoms with E-state index in [-0.39, 0.29) is 15.5 Å². The van der Waals surface area contributed by atoms with Gasteiger partial charge in [-0.3, -0.25) is 30.3 Å². The van der Waals surface area contributed by atoms with Crippen LogP contribution in [0.25, 0.3) is 0 Å². The van der Waals surface area contributed by atoms with Gasteiger partial charge in [0.25, 0.3) is 11.4 Å². The van der Waals surface area contributed by atoms with Crippen LogP contribution in [-0.4, -0.2) is 33.0 Å². The van der Waals surface area contributed by atoms with Crippen LogP contribution >= 0.6 is 11.8 Å². The zero-order chi connectivity index (χ0) is 21.2. The molecule has 0 spiro atoms. The Hall–Kier alpha value is -3.74. The number of carboxylic acid groups (broad SMARTS) is 1. The molecule has 0 atom stereocenters. The number of methoxy groups -OCH3 is 1. The number of aromatic carboxylic acids is 1. The number of nitro benzene ring substituents is 3. The van der Waals surface area contributed by atoms with Gasteiger partial charge >= 0.3 is 11.7 Å². The summed E-state index contributed by atoms with van der Waals surface area (Å²) < 4.78 is 4.88. The average Bonchev–Trinajstić information content (AvgIpc) is 2.61. The molecule has 0 amide bonds. The Labute approximate surface area is 160 Å². The molecule has 0 radical (unpaired) electrons. The van der Waals surface area contributed by atoms with E-state index in [0.717, 1.165) is 19.2 Å². The fourth-order valence-electron chi connectivity index (χ4n) is 2.33. The second-order valence-electron chi connectivity index (χ2n) is 5.28. The average molecular weight is 409 g/mol. The normalized spacial score (nSPS) is 10.4. The van der Waals surface area contributed by atoms with E-state index >= 15 is 0 Å². The van der Waals surface area contributed by atoms with Crippen molar-refractivity contribution < 1.29 is 29.4 Å². The molecule has 2 aromatic carbocycles. The monoisotopic (exact) mass is 409 g/mol. The number of carboxylic acids is 1. The first kappa shape index (κ1) is 20.6. The molecule has 0 saturated heterocycles. The molecule has 0 heterocycles. The van der Waals surface area contributed by atoms with Crippen molar-refractivity contribution in [2.45, 2.75) is 16.7 Å². The number of benzene rings is 2. The van der Waals surface area contributed by atoms with Crippen molar-refractivity contribution in [2.24, 2.45) is 0 Å². The number of rotatable bonds is 7. The van der Waals surface area contributed by atoms with Gasteiger partial charge in [-0.25, -0.2) is 4.79 Å². The van der Waals surface area contributed by atoms with Gasteiger partial charge in [-0.2, -0.15) is 0 Å². The molecule has 0 saturated carbocycles. The second-order valence-corrected chi connectivity index (χ2v) is 6.33. The van der Waals surface area contributed by atoms with Crippen molar-refractivity contribution in [3.8, 4) is 5.75 Å². The van der Waals surface area contributed by atoms with Crippen LogP contribution in [0.5, 0.6) is 5.75 Å². The molecule has 146 valence electrons. The Morgan fingerprint density at radius 2 is 1.64 bits per heavy atom. The van der Waals surface area contributed by atoms with E-state index in [1.54, 1.807) is 0 Å². The maximum Gasteiger partial charge on any atom is 0.342 e. The molecule has 0 aliphatic carbocycles. The van der Waals surface area contributed by atoms with Crippen LogP contribution in [0.4, 0.5) is 17.1 Å². The summed E-state index contributed by atoms with van der Waals surface area (Å²) in [6.07, 6.45) is 0. The van der Waals surface area contributed by atoms with Gasteiger partial charge < -0.3 is 9.84 Å². The minimum absolute atomic E-state index is 0.135. The molecule has 0 aromatic heterocycles. The van der Waals surface area contributed by atoms with Crippen LogP contribution in [0, 0.1) is 37.3 Å². The van der Waals surface area contributed by atoms with Gasteiger partial charge in [-0.05, 0) is 18.6 Å². The van der Waals surface area contributed by atoms with Crippen molar-refractivity contribution in [3.63, 3.8) is 0 Å². The summed E-state index contributed by atoms with van der Waals surface area (Å²) in [7, 11) is 1.13.